The molecule has 1 aliphatic heterocycles. The molecule has 0 saturated carbocycles. The monoisotopic (exact) mass is 205 g/mol. The summed E-state index contributed by atoms with van der Waals surface area (Å²) in [4.78, 5) is 12.9. The summed E-state index contributed by atoms with van der Waals surface area (Å²) >= 11 is 0. The van der Waals surface area contributed by atoms with Gasteiger partial charge in [0, 0.05) is 24.3 Å². The Morgan fingerprint density at radius 3 is 2.67 bits per heavy atom. The largest absolute Gasteiger partial charge is 0.386 e. The number of carbonyl (C=O) groups excluding carboxylic acids is 1. The van der Waals surface area contributed by atoms with Gasteiger partial charge in [0.2, 0.25) is 0 Å². The molecule has 1 aliphatic rings. The van der Waals surface area contributed by atoms with Crippen molar-refractivity contribution in [2.45, 2.75) is 19.4 Å². The fourth-order valence-corrected chi connectivity index (χ4v) is 2.00. The van der Waals surface area contributed by atoms with Gasteiger partial charge in [-0.3, -0.25) is 4.79 Å². The van der Waals surface area contributed by atoms with Gasteiger partial charge in [0.05, 0.1) is 5.60 Å². The summed E-state index contributed by atoms with van der Waals surface area (Å²) in [6, 6.07) is 5.79. The standard InChI is InChI=1S/C12H15NO2/c1-9-3-4-11(10(5-9)6-14)13-7-12(2,15)8-13/h3-6,15H,7-8H2,1-2H3. The molecule has 1 aromatic rings. The van der Waals surface area contributed by atoms with Crippen LogP contribution >= 0.6 is 0 Å². The molecule has 0 bridgehead atoms. The molecule has 1 heterocycles. The maximum atomic E-state index is 10.9. The molecule has 15 heavy (non-hydrogen) atoms. The van der Waals surface area contributed by atoms with Gasteiger partial charge in [-0.05, 0) is 26.0 Å². The number of aliphatic hydroxyl groups is 1. The molecule has 1 fully saturated rings. The number of hydrogen-bond acceptors (Lipinski definition) is 3. The fraction of sp³-hybridized carbons (Fsp3) is 0.417. The molecular weight excluding hydrogens is 190 g/mol. The Morgan fingerprint density at radius 1 is 1.47 bits per heavy atom. The number of β-amino-alcohol motifs (C(OH)–C–C–N with tert-alkyl or cyclic N) is 1. The van der Waals surface area contributed by atoms with E-state index in [0.29, 0.717) is 18.7 Å². The second kappa shape index (κ2) is 3.35. The summed E-state index contributed by atoms with van der Waals surface area (Å²) in [6.45, 7) is 4.95. The number of hydrogen-bond donors (Lipinski definition) is 1. The Labute approximate surface area is 89.3 Å². The lowest BCUT2D eigenvalue weighted by atomic mass is 9.95. The third kappa shape index (κ3) is 1.88. The molecule has 3 heteroatoms. The molecule has 1 saturated heterocycles. The first-order valence-corrected chi connectivity index (χ1v) is 5.05. The molecule has 0 amide bonds. The van der Waals surface area contributed by atoms with Crippen LogP contribution < -0.4 is 4.90 Å². The van der Waals surface area contributed by atoms with Gasteiger partial charge in [-0.1, -0.05) is 11.6 Å². The molecule has 0 radical (unpaired) electrons. The number of aryl methyl sites for hydroxylation is 1. The van der Waals surface area contributed by atoms with Crippen LogP contribution in [0.3, 0.4) is 0 Å². The van der Waals surface area contributed by atoms with Crippen LogP contribution in [0.25, 0.3) is 0 Å². The summed E-state index contributed by atoms with van der Waals surface area (Å²) in [7, 11) is 0. The highest BCUT2D eigenvalue weighted by molar-refractivity contribution is 5.85. The van der Waals surface area contributed by atoms with Gasteiger partial charge in [-0.25, -0.2) is 0 Å². The van der Waals surface area contributed by atoms with Crippen LogP contribution in [0, 0.1) is 6.92 Å². The maximum absolute atomic E-state index is 10.9. The maximum Gasteiger partial charge on any atom is 0.152 e. The molecule has 0 atom stereocenters. The van der Waals surface area contributed by atoms with Crippen molar-refractivity contribution >= 4 is 12.0 Å². The van der Waals surface area contributed by atoms with Gasteiger partial charge in [0.25, 0.3) is 0 Å². The average Bonchev–Trinajstić information content (AvgIpc) is 2.14. The molecule has 80 valence electrons. The highest BCUT2D eigenvalue weighted by Crippen LogP contribution is 2.29. The number of aldehydes is 1. The molecule has 0 unspecified atom stereocenters. The van der Waals surface area contributed by atoms with Gasteiger partial charge < -0.3 is 10.0 Å². The lowest BCUT2D eigenvalue weighted by Gasteiger charge is -2.46. The smallest absolute Gasteiger partial charge is 0.152 e. The van der Waals surface area contributed by atoms with Gasteiger partial charge in [-0.15, -0.1) is 0 Å². The van der Waals surface area contributed by atoms with Crippen LogP contribution in [0.5, 0.6) is 0 Å². The Hall–Kier alpha value is -1.35. The predicted molar refractivity (Wildman–Crippen MR) is 59.4 cm³/mol. The van der Waals surface area contributed by atoms with Crippen LogP contribution in [-0.2, 0) is 0 Å². The van der Waals surface area contributed by atoms with Crippen molar-refractivity contribution in [1.82, 2.24) is 0 Å². The number of anilines is 1. The molecule has 1 aromatic carbocycles. The minimum absolute atomic E-state index is 0.594. The van der Waals surface area contributed by atoms with E-state index < -0.39 is 5.60 Å². The normalized spacial score (nSPS) is 18.5. The number of carbonyl (C=O) groups is 1. The van der Waals surface area contributed by atoms with Crippen molar-refractivity contribution in [3.05, 3.63) is 29.3 Å². The summed E-state index contributed by atoms with van der Waals surface area (Å²) in [6.07, 6.45) is 0.870. The van der Waals surface area contributed by atoms with Crippen LogP contribution in [0.1, 0.15) is 22.8 Å². The molecule has 3 nitrogen and oxygen atoms in total. The van der Waals surface area contributed by atoms with E-state index in [9.17, 15) is 9.90 Å². The number of rotatable bonds is 2. The molecule has 0 aromatic heterocycles. The Kier molecular flexibility index (Phi) is 2.27. The van der Waals surface area contributed by atoms with Crippen molar-refractivity contribution < 1.29 is 9.90 Å². The van der Waals surface area contributed by atoms with Crippen molar-refractivity contribution in [3.63, 3.8) is 0 Å². The zero-order chi connectivity index (χ0) is 11.1. The fourth-order valence-electron chi connectivity index (χ4n) is 2.00. The van der Waals surface area contributed by atoms with Crippen LogP contribution in [0.4, 0.5) is 5.69 Å². The third-order valence-electron chi connectivity index (χ3n) is 2.71. The molecular formula is C12H15NO2. The molecule has 0 aliphatic carbocycles. The van der Waals surface area contributed by atoms with Gasteiger partial charge >= 0.3 is 0 Å². The van der Waals surface area contributed by atoms with Crippen molar-refractivity contribution in [3.8, 4) is 0 Å². The minimum atomic E-state index is -0.606. The zero-order valence-electron chi connectivity index (χ0n) is 9.03. The van der Waals surface area contributed by atoms with Crippen LogP contribution in [0.2, 0.25) is 0 Å². The Balaban J connectivity index is 2.26. The lowest BCUT2D eigenvalue weighted by molar-refractivity contribution is 0.0309. The quantitative estimate of drug-likeness (QED) is 0.741. The molecule has 1 N–H and O–H groups in total. The van der Waals surface area contributed by atoms with E-state index in [1.807, 2.05) is 30.0 Å². The highest BCUT2D eigenvalue weighted by Gasteiger charge is 2.37. The van der Waals surface area contributed by atoms with Crippen molar-refractivity contribution in [1.29, 1.82) is 0 Å². The van der Waals surface area contributed by atoms with Gasteiger partial charge in [-0.2, -0.15) is 0 Å². The van der Waals surface area contributed by atoms with Crippen LogP contribution in [0.15, 0.2) is 18.2 Å². The highest BCUT2D eigenvalue weighted by atomic mass is 16.3. The minimum Gasteiger partial charge on any atom is -0.386 e. The van der Waals surface area contributed by atoms with E-state index in [-0.39, 0.29) is 0 Å². The van der Waals surface area contributed by atoms with Gasteiger partial charge in [0.1, 0.15) is 0 Å². The SMILES string of the molecule is Cc1ccc(N2CC(C)(O)C2)c(C=O)c1. The Bertz CT molecular complexity index is 391. The molecule has 0 spiro atoms. The first-order chi connectivity index (χ1) is 7.02. The topological polar surface area (TPSA) is 40.5 Å². The predicted octanol–water partition coefficient (Wildman–Crippen LogP) is 1.38. The summed E-state index contributed by atoms with van der Waals surface area (Å²) in [5.41, 5.74) is 2.09. The number of nitrogens with zero attached hydrogens (tertiary/aromatic N) is 1. The lowest BCUT2D eigenvalue weighted by Crippen LogP contribution is -2.60. The Morgan fingerprint density at radius 2 is 2.13 bits per heavy atom. The molecule has 2 rings (SSSR count). The van der Waals surface area contributed by atoms with E-state index in [1.54, 1.807) is 6.92 Å². The van der Waals surface area contributed by atoms with E-state index in [2.05, 4.69) is 0 Å². The van der Waals surface area contributed by atoms with E-state index in [4.69, 9.17) is 0 Å². The van der Waals surface area contributed by atoms with Crippen molar-refractivity contribution in [2.75, 3.05) is 18.0 Å². The summed E-state index contributed by atoms with van der Waals surface area (Å²) < 4.78 is 0. The van der Waals surface area contributed by atoms with E-state index in [1.165, 1.54) is 0 Å². The summed E-state index contributed by atoms with van der Waals surface area (Å²) in [5, 5.41) is 9.63. The average molecular weight is 205 g/mol. The summed E-state index contributed by atoms with van der Waals surface area (Å²) in [5.74, 6) is 0. The van der Waals surface area contributed by atoms with E-state index >= 15 is 0 Å². The van der Waals surface area contributed by atoms with Crippen LogP contribution in [-0.4, -0.2) is 30.1 Å². The van der Waals surface area contributed by atoms with Gasteiger partial charge in [0.15, 0.2) is 6.29 Å². The van der Waals surface area contributed by atoms with E-state index in [0.717, 1.165) is 17.5 Å². The van der Waals surface area contributed by atoms with Crippen molar-refractivity contribution in [2.24, 2.45) is 0 Å². The first kappa shape index (κ1) is 10.2. The number of benzene rings is 1. The first-order valence-electron chi connectivity index (χ1n) is 5.05. The zero-order valence-corrected chi connectivity index (χ0v) is 9.03. The second-order valence-corrected chi connectivity index (χ2v) is 4.53. The second-order valence-electron chi connectivity index (χ2n) is 4.53. The third-order valence-corrected chi connectivity index (χ3v) is 2.71.